The maximum atomic E-state index is 11.8. The van der Waals surface area contributed by atoms with Gasteiger partial charge in [-0.3, -0.25) is 9.36 Å². The molecular formula is C9H8ClN3O2S. The third-order valence-corrected chi connectivity index (χ3v) is 2.88. The van der Waals surface area contributed by atoms with Gasteiger partial charge in [0.05, 0.1) is 31.2 Å². The van der Waals surface area contributed by atoms with E-state index in [-0.39, 0.29) is 16.5 Å². The molecule has 2 heterocycles. The zero-order chi connectivity index (χ0) is 11.5. The van der Waals surface area contributed by atoms with Crippen molar-refractivity contribution in [3.63, 3.8) is 0 Å². The molecule has 0 aliphatic rings. The summed E-state index contributed by atoms with van der Waals surface area (Å²) in [5.41, 5.74) is 2.20. The molecule has 2 rings (SSSR count). The van der Waals surface area contributed by atoms with Crippen molar-refractivity contribution in [2.24, 2.45) is 0 Å². The molecule has 2 aromatic rings. The Balaban J connectivity index is 2.39. The third-order valence-electron chi connectivity index (χ3n) is 1.97. The lowest BCUT2D eigenvalue weighted by atomic mass is 10.4. The van der Waals surface area contributed by atoms with Crippen LogP contribution in [0.2, 0.25) is 5.15 Å². The largest absolute Gasteiger partial charge is 0.489 e. The molecule has 0 fully saturated rings. The van der Waals surface area contributed by atoms with Crippen LogP contribution in [0.5, 0.6) is 5.75 Å². The van der Waals surface area contributed by atoms with Crippen LogP contribution in [0.4, 0.5) is 0 Å². The van der Waals surface area contributed by atoms with E-state index < -0.39 is 0 Å². The van der Waals surface area contributed by atoms with Crippen molar-refractivity contribution in [3.8, 4) is 5.75 Å². The van der Waals surface area contributed by atoms with E-state index in [0.29, 0.717) is 6.54 Å². The van der Waals surface area contributed by atoms with Gasteiger partial charge in [0.1, 0.15) is 0 Å². The molecule has 2 aromatic heterocycles. The molecule has 0 aromatic carbocycles. The van der Waals surface area contributed by atoms with E-state index in [1.54, 1.807) is 5.51 Å². The Morgan fingerprint density at radius 3 is 3.00 bits per heavy atom. The topological polar surface area (TPSA) is 57.0 Å². The second kappa shape index (κ2) is 4.63. The standard InChI is InChI=1S/C9H8ClN3O2S/c1-15-7-8(10)11-4-13(9(7)14)2-6-3-16-5-12-6/h3-5H,2H2,1H3. The molecule has 0 radical (unpaired) electrons. The first-order valence-electron chi connectivity index (χ1n) is 4.38. The molecule has 0 spiro atoms. The highest BCUT2D eigenvalue weighted by Crippen LogP contribution is 2.15. The molecule has 0 aliphatic carbocycles. The first-order valence-corrected chi connectivity index (χ1v) is 5.70. The van der Waals surface area contributed by atoms with E-state index in [2.05, 4.69) is 9.97 Å². The van der Waals surface area contributed by atoms with Crippen molar-refractivity contribution in [2.45, 2.75) is 6.54 Å². The average molecular weight is 258 g/mol. The lowest BCUT2D eigenvalue weighted by Crippen LogP contribution is -2.22. The lowest BCUT2D eigenvalue weighted by Gasteiger charge is -2.06. The van der Waals surface area contributed by atoms with Crippen molar-refractivity contribution in [1.29, 1.82) is 0 Å². The summed E-state index contributed by atoms with van der Waals surface area (Å²) >= 11 is 7.19. The van der Waals surface area contributed by atoms with Gasteiger partial charge in [0.25, 0.3) is 5.56 Å². The van der Waals surface area contributed by atoms with Gasteiger partial charge in [0, 0.05) is 5.38 Å². The highest BCUT2D eigenvalue weighted by atomic mass is 35.5. The predicted molar refractivity (Wildman–Crippen MR) is 61.3 cm³/mol. The van der Waals surface area contributed by atoms with E-state index in [1.165, 1.54) is 29.3 Å². The minimum Gasteiger partial charge on any atom is -0.489 e. The van der Waals surface area contributed by atoms with E-state index in [4.69, 9.17) is 16.3 Å². The Kier molecular flexibility index (Phi) is 3.21. The molecule has 0 unspecified atom stereocenters. The van der Waals surface area contributed by atoms with Crippen molar-refractivity contribution < 1.29 is 4.74 Å². The molecule has 16 heavy (non-hydrogen) atoms. The second-order valence-corrected chi connectivity index (χ2v) is 4.06. The number of nitrogens with zero attached hydrogens (tertiary/aromatic N) is 3. The fraction of sp³-hybridized carbons (Fsp3) is 0.222. The number of halogens is 1. The van der Waals surface area contributed by atoms with Crippen LogP contribution in [0, 0.1) is 0 Å². The highest BCUT2D eigenvalue weighted by Gasteiger charge is 2.10. The summed E-state index contributed by atoms with van der Waals surface area (Å²) in [6.07, 6.45) is 1.38. The van der Waals surface area contributed by atoms with Crippen LogP contribution in [0.25, 0.3) is 0 Å². The van der Waals surface area contributed by atoms with Crippen LogP contribution in [0.15, 0.2) is 22.0 Å². The summed E-state index contributed by atoms with van der Waals surface area (Å²) in [6.45, 7) is 0.364. The number of hydrogen-bond acceptors (Lipinski definition) is 5. The summed E-state index contributed by atoms with van der Waals surface area (Å²) in [5.74, 6) is 0.0550. The van der Waals surface area contributed by atoms with Crippen LogP contribution in [-0.4, -0.2) is 21.6 Å². The Hall–Kier alpha value is -1.40. The lowest BCUT2D eigenvalue weighted by molar-refractivity contribution is 0.400. The molecule has 0 aliphatic heterocycles. The number of methoxy groups -OCH3 is 1. The smallest absolute Gasteiger partial charge is 0.297 e. The van der Waals surface area contributed by atoms with Gasteiger partial charge in [-0.15, -0.1) is 11.3 Å². The SMILES string of the molecule is COc1c(Cl)ncn(Cc2cscn2)c1=O. The van der Waals surface area contributed by atoms with Crippen LogP contribution in [0.1, 0.15) is 5.69 Å². The van der Waals surface area contributed by atoms with Crippen LogP contribution < -0.4 is 10.3 Å². The van der Waals surface area contributed by atoms with Crippen molar-refractivity contribution in [1.82, 2.24) is 14.5 Å². The predicted octanol–water partition coefficient (Wildman–Crippen LogP) is 1.41. The van der Waals surface area contributed by atoms with E-state index in [0.717, 1.165) is 5.69 Å². The monoisotopic (exact) mass is 257 g/mol. The summed E-state index contributed by atoms with van der Waals surface area (Å²) in [5, 5.41) is 1.94. The van der Waals surface area contributed by atoms with E-state index in [9.17, 15) is 4.79 Å². The number of ether oxygens (including phenoxy) is 1. The summed E-state index contributed by atoms with van der Waals surface area (Å²) in [6, 6.07) is 0. The number of aromatic nitrogens is 3. The summed E-state index contributed by atoms with van der Waals surface area (Å²) in [7, 11) is 1.39. The summed E-state index contributed by atoms with van der Waals surface area (Å²) in [4.78, 5) is 19.8. The third kappa shape index (κ3) is 2.07. The average Bonchev–Trinajstić information content (AvgIpc) is 2.76. The van der Waals surface area contributed by atoms with Gasteiger partial charge in [0.15, 0.2) is 5.15 Å². The number of hydrogen-bond donors (Lipinski definition) is 0. The first kappa shape index (κ1) is 11.1. The van der Waals surface area contributed by atoms with Crippen LogP contribution >= 0.6 is 22.9 Å². The molecule has 5 nitrogen and oxygen atoms in total. The normalized spacial score (nSPS) is 10.4. The molecule has 0 saturated carbocycles. The first-order chi connectivity index (χ1) is 7.72. The maximum Gasteiger partial charge on any atom is 0.297 e. The Morgan fingerprint density at radius 1 is 1.56 bits per heavy atom. The van der Waals surface area contributed by atoms with Gasteiger partial charge >= 0.3 is 0 Å². The maximum absolute atomic E-state index is 11.8. The van der Waals surface area contributed by atoms with Gasteiger partial charge < -0.3 is 4.74 Å². The fourth-order valence-corrected chi connectivity index (χ4v) is 1.98. The molecule has 0 bridgehead atoms. The Morgan fingerprint density at radius 2 is 2.38 bits per heavy atom. The Bertz CT molecular complexity index is 538. The molecule has 0 saturated heterocycles. The molecule has 0 amide bonds. The van der Waals surface area contributed by atoms with Crippen LogP contribution in [-0.2, 0) is 6.54 Å². The van der Waals surface area contributed by atoms with Gasteiger partial charge in [-0.1, -0.05) is 11.6 Å². The van der Waals surface area contributed by atoms with E-state index >= 15 is 0 Å². The van der Waals surface area contributed by atoms with Crippen molar-refractivity contribution >= 4 is 22.9 Å². The number of thiazole rings is 1. The molecule has 0 atom stereocenters. The highest BCUT2D eigenvalue weighted by molar-refractivity contribution is 7.07. The van der Waals surface area contributed by atoms with Crippen molar-refractivity contribution in [3.05, 3.63) is 38.4 Å². The zero-order valence-electron chi connectivity index (χ0n) is 8.38. The van der Waals surface area contributed by atoms with Gasteiger partial charge in [-0.2, -0.15) is 0 Å². The number of rotatable bonds is 3. The fourth-order valence-electron chi connectivity index (χ4n) is 1.22. The minimum atomic E-state index is -0.310. The van der Waals surface area contributed by atoms with Crippen LogP contribution in [0.3, 0.4) is 0 Å². The quantitative estimate of drug-likeness (QED) is 0.780. The van der Waals surface area contributed by atoms with E-state index in [1.807, 2.05) is 5.38 Å². The molecule has 84 valence electrons. The van der Waals surface area contributed by atoms with Gasteiger partial charge in [0.2, 0.25) is 5.75 Å². The minimum absolute atomic E-state index is 0.0550. The summed E-state index contributed by atoms with van der Waals surface area (Å²) < 4.78 is 6.29. The Labute approximate surface area is 100 Å². The molecular weight excluding hydrogens is 250 g/mol. The molecule has 7 heteroatoms. The zero-order valence-corrected chi connectivity index (χ0v) is 9.96. The van der Waals surface area contributed by atoms with Gasteiger partial charge in [-0.25, -0.2) is 9.97 Å². The second-order valence-electron chi connectivity index (χ2n) is 2.98. The van der Waals surface area contributed by atoms with Crippen molar-refractivity contribution in [2.75, 3.05) is 7.11 Å². The van der Waals surface area contributed by atoms with Gasteiger partial charge in [-0.05, 0) is 0 Å². The molecule has 0 N–H and O–H groups in total.